The Bertz CT molecular complexity index is 512. The van der Waals surface area contributed by atoms with Crippen LogP contribution in [0.25, 0.3) is 0 Å². The van der Waals surface area contributed by atoms with Gasteiger partial charge < -0.3 is 9.84 Å². The van der Waals surface area contributed by atoms with Crippen LogP contribution >= 0.6 is 0 Å². The SMILES string of the molecule is COc1cccc(CCNS(=O)(=O)CC(=O)O)c1. The highest BCUT2D eigenvalue weighted by Crippen LogP contribution is 2.12. The zero-order valence-corrected chi connectivity index (χ0v) is 10.7. The molecule has 0 spiro atoms. The monoisotopic (exact) mass is 273 g/mol. The zero-order chi connectivity index (χ0) is 13.6. The smallest absolute Gasteiger partial charge is 0.320 e. The quantitative estimate of drug-likeness (QED) is 0.742. The van der Waals surface area contributed by atoms with Crippen molar-refractivity contribution in [3.63, 3.8) is 0 Å². The van der Waals surface area contributed by atoms with Gasteiger partial charge in [-0.3, -0.25) is 4.79 Å². The molecule has 0 radical (unpaired) electrons. The first-order valence-corrected chi connectivity index (χ1v) is 6.90. The third-order valence-electron chi connectivity index (χ3n) is 2.18. The molecule has 1 rings (SSSR count). The van der Waals surface area contributed by atoms with E-state index in [0.29, 0.717) is 12.2 Å². The molecule has 1 aromatic rings. The van der Waals surface area contributed by atoms with Gasteiger partial charge in [-0.2, -0.15) is 0 Å². The van der Waals surface area contributed by atoms with Crippen molar-refractivity contribution >= 4 is 16.0 Å². The van der Waals surface area contributed by atoms with Gasteiger partial charge in [0, 0.05) is 6.54 Å². The predicted molar refractivity (Wildman–Crippen MR) is 66.1 cm³/mol. The van der Waals surface area contributed by atoms with E-state index >= 15 is 0 Å². The number of aliphatic carboxylic acids is 1. The fourth-order valence-electron chi connectivity index (χ4n) is 1.39. The second-order valence-electron chi connectivity index (χ2n) is 3.65. The maximum absolute atomic E-state index is 11.2. The molecule has 0 atom stereocenters. The Morgan fingerprint density at radius 1 is 1.44 bits per heavy atom. The molecule has 7 heteroatoms. The number of hydrogen-bond acceptors (Lipinski definition) is 4. The third kappa shape index (κ3) is 5.15. The van der Waals surface area contributed by atoms with Crippen molar-refractivity contribution in [2.75, 3.05) is 19.4 Å². The summed E-state index contributed by atoms with van der Waals surface area (Å²) >= 11 is 0. The van der Waals surface area contributed by atoms with Crippen molar-refractivity contribution in [3.8, 4) is 5.75 Å². The van der Waals surface area contributed by atoms with Gasteiger partial charge in [0.1, 0.15) is 5.75 Å². The maximum atomic E-state index is 11.2. The highest BCUT2D eigenvalue weighted by atomic mass is 32.2. The summed E-state index contributed by atoms with van der Waals surface area (Å²) in [6, 6.07) is 7.23. The number of benzene rings is 1. The maximum Gasteiger partial charge on any atom is 0.320 e. The van der Waals surface area contributed by atoms with Crippen LogP contribution in [0.4, 0.5) is 0 Å². The van der Waals surface area contributed by atoms with Crippen molar-refractivity contribution < 1.29 is 23.1 Å². The van der Waals surface area contributed by atoms with Crippen LogP contribution in [0.3, 0.4) is 0 Å². The number of carbonyl (C=O) groups is 1. The minimum Gasteiger partial charge on any atom is -0.497 e. The lowest BCUT2D eigenvalue weighted by Gasteiger charge is -2.06. The molecule has 18 heavy (non-hydrogen) atoms. The number of hydrogen-bond donors (Lipinski definition) is 2. The van der Waals surface area contributed by atoms with Gasteiger partial charge in [0.2, 0.25) is 10.0 Å². The molecule has 0 unspecified atom stereocenters. The summed E-state index contributed by atoms with van der Waals surface area (Å²) < 4.78 is 29.7. The van der Waals surface area contributed by atoms with Crippen LogP contribution in [0.15, 0.2) is 24.3 Å². The lowest BCUT2D eigenvalue weighted by atomic mass is 10.1. The topological polar surface area (TPSA) is 92.7 Å². The number of methoxy groups -OCH3 is 1. The van der Waals surface area contributed by atoms with E-state index in [1.54, 1.807) is 25.3 Å². The normalized spacial score (nSPS) is 11.2. The van der Waals surface area contributed by atoms with Gasteiger partial charge in [-0.25, -0.2) is 13.1 Å². The molecule has 0 aliphatic rings. The van der Waals surface area contributed by atoms with Gasteiger partial charge >= 0.3 is 5.97 Å². The summed E-state index contributed by atoms with van der Waals surface area (Å²) in [4.78, 5) is 10.3. The van der Waals surface area contributed by atoms with E-state index in [2.05, 4.69) is 4.72 Å². The van der Waals surface area contributed by atoms with E-state index in [1.165, 1.54) is 0 Å². The van der Waals surface area contributed by atoms with E-state index in [1.807, 2.05) is 6.07 Å². The molecule has 0 heterocycles. The Labute approximate surface area is 106 Å². The molecule has 0 fully saturated rings. The molecule has 0 aliphatic carbocycles. The Hall–Kier alpha value is -1.60. The van der Waals surface area contributed by atoms with Crippen LogP contribution in [0.2, 0.25) is 0 Å². The lowest BCUT2D eigenvalue weighted by molar-refractivity contribution is -0.134. The molecular weight excluding hydrogens is 258 g/mol. The standard InChI is InChI=1S/C11H15NO5S/c1-17-10-4-2-3-9(7-10)5-6-12-18(15,16)8-11(13)14/h2-4,7,12H,5-6,8H2,1H3,(H,13,14). The second-order valence-corrected chi connectivity index (χ2v) is 5.46. The van der Waals surface area contributed by atoms with Gasteiger partial charge in [0.15, 0.2) is 5.75 Å². The van der Waals surface area contributed by atoms with E-state index in [9.17, 15) is 13.2 Å². The number of nitrogens with one attached hydrogen (secondary N) is 1. The Balaban J connectivity index is 2.48. The van der Waals surface area contributed by atoms with Crippen molar-refractivity contribution in [3.05, 3.63) is 29.8 Å². The third-order valence-corrected chi connectivity index (χ3v) is 3.45. The minimum atomic E-state index is -3.75. The first-order valence-electron chi connectivity index (χ1n) is 5.25. The van der Waals surface area contributed by atoms with Crippen LogP contribution in [0.1, 0.15) is 5.56 Å². The molecule has 1 aromatic carbocycles. The molecule has 100 valence electrons. The summed E-state index contributed by atoms with van der Waals surface area (Å²) in [5.41, 5.74) is 0.910. The summed E-state index contributed by atoms with van der Waals surface area (Å²) in [7, 11) is -2.20. The number of carboxylic acids is 1. The van der Waals surface area contributed by atoms with Gasteiger partial charge in [-0.15, -0.1) is 0 Å². The number of sulfonamides is 1. The highest BCUT2D eigenvalue weighted by molar-refractivity contribution is 7.90. The van der Waals surface area contributed by atoms with E-state index < -0.39 is 21.7 Å². The largest absolute Gasteiger partial charge is 0.497 e. The molecule has 0 saturated carbocycles. The molecule has 2 N–H and O–H groups in total. The molecule has 0 saturated heterocycles. The highest BCUT2D eigenvalue weighted by Gasteiger charge is 2.14. The molecule has 0 amide bonds. The fraction of sp³-hybridized carbons (Fsp3) is 0.364. The van der Waals surface area contributed by atoms with Crippen LogP contribution in [-0.4, -0.2) is 38.9 Å². The Morgan fingerprint density at radius 3 is 2.78 bits per heavy atom. The first kappa shape index (κ1) is 14.5. The van der Waals surface area contributed by atoms with Crippen molar-refractivity contribution in [2.24, 2.45) is 0 Å². The van der Waals surface area contributed by atoms with Crippen LogP contribution in [0, 0.1) is 0 Å². The fourth-order valence-corrected chi connectivity index (χ4v) is 2.23. The summed E-state index contributed by atoms with van der Waals surface area (Å²) in [6.07, 6.45) is 0.468. The number of rotatable bonds is 7. The van der Waals surface area contributed by atoms with E-state index in [4.69, 9.17) is 9.84 Å². The van der Waals surface area contributed by atoms with Crippen molar-refractivity contribution in [1.29, 1.82) is 0 Å². The zero-order valence-electron chi connectivity index (χ0n) is 9.92. The van der Waals surface area contributed by atoms with Gasteiger partial charge in [0.25, 0.3) is 0 Å². The molecule has 6 nitrogen and oxygen atoms in total. The number of ether oxygens (including phenoxy) is 1. The van der Waals surface area contributed by atoms with Crippen LogP contribution in [0.5, 0.6) is 5.75 Å². The molecule has 0 aliphatic heterocycles. The minimum absolute atomic E-state index is 0.156. The van der Waals surface area contributed by atoms with Gasteiger partial charge in [0.05, 0.1) is 7.11 Å². The Morgan fingerprint density at radius 2 is 2.17 bits per heavy atom. The number of carboxylic acid groups (broad SMARTS) is 1. The van der Waals surface area contributed by atoms with E-state index in [-0.39, 0.29) is 6.54 Å². The lowest BCUT2D eigenvalue weighted by Crippen LogP contribution is -2.31. The van der Waals surface area contributed by atoms with Crippen LogP contribution in [-0.2, 0) is 21.2 Å². The predicted octanol–water partition coefficient (Wildman–Crippen LogP) is 0.242. The summed E-state index contributed by atoms with van der Waals surface area (Å²) in [5, 5.41) is 8.40. The van der Waals surface area contributed by atoms with Crippen molar-refractivity contribution in [1.82, 2.24) is 4.72 Å². The van der Waals surface area contributed by atoms with Crippen molar-refractivity contribution in [2.45, 2.75) is 6.42 Å². The molecule has 0 aromatic heterocycles. The first-order chi connectivity index (χ1) is 8.43. The summed E-state index contributed by atoms with van der Waals surface area (Å²) in [6.45, 7) is 0.156. The van der Waals surface area contributed by atoms with Crippen LogP contribution < -0.4 is 9.46 Å². The van der Waals surface area contributed by atoms with E-state index in [0.717, 1.165) is 5.56 Å². The summed E-state index contributed by atoms with van der Waals surface area (Å²) in [5.74, 6) is -1.59. The van der Waals surface area contributed by atoms with Gasteiger partial charge in [-0.05, 0) is 24.1 Å². The Kier molecular flexibility index (Phi) is 5.11. The second kappa shape index (κ2) is 6.36. The average Bonchev–Trinajstić information content (AvgIpc) is 2.27. The molecular formula is C11H15NO5S. The van der Waals surface area contributed by atoms with Gasteiger partial charge in [-0.1, -0.05) is 12.1 Å². The average molecular weight is 273 g/mol. The molecule has 0 bridgehead atoms.